The van der Waals surface area contributed by atoms with Crippen molar-refractivity contribution in [2.45, 2.75) is 62.7 Å². The van der Waals surface area contributed by atoms with Crippen molar-refractivity contribution in [3.8, 4) is 5.75 Å². The fraction of sp³-hybridized carbons (Fsp3) is 0.367. The van der Waals surface area contributed by atoms with Gasteiger partial charge >= 0.3 is 13.4 Å². The number of ether oxygens (including phenoxy) is 1. The van der Waals surface area contributed by atoms with Crippen LogP contribution < -0.4 is 15.4 Å². The van der Waals surface area contributed by atoms with Crippen molar-refractivity contribution < 1.29 is 37.7 Å². The monoisotopic (exact) mass is 639 g/mol. The van der Waals surface area contributed by atoms with E-state index >= 15 is 0 Å². The first-order valence-corrected chi connectivity index (χ1v) is 15.1. The van der Waals surface area contributed by atoms with Crippen LogP contribution in [0.4, 0.5) is 14.3 Å². The summed E-state index contributed by atoms with van der Waals surface area (Å²) in [5, 5.41) is 14.5. The summed E-state index contributed by atoms with van der Waals surface area (Å²) >= 11 is 1.34. The van der Waals surface area contributed by atoms with E-state index in [4.69, 9.17) is 4.74 Å². The maximum Gasteiger partial charge on any atom is 0.677 e. The Bertz CT molecular complexity index is 1640. The van der Waals surface area contributed by atoms with Crippen LogP contribution in [0.25, 0.3) is 6.08 Å². The van der Waals surface area contributed by atoms with Crippen LogP contribution >= 0.6 is 11.8 Å². The minimum atomic E-state index is -2.66. The molecule has 1 aromatic heterocycles. The molecule has 236 valence electrons. The van der Waals surface area contributed by atoms with E-state index < -0.39 is 47.4 Å². The largest absolute Gasteiger partial charge is 0.677 e. The number of carboxylic acids is 1. The topological polar surface area (TPSA) is 142 Å². The van der Waals surface area contributed by atoms with Crippen LogP contribution in [0.2, 0.25) is 0 Å². The Labute approximate surface area is 263 Å². The number of carboxylic acid groups (broad SMARTS) is 1. The highest BCUT2D eigenvalue weighted by molar-refractivity contribution is 8.01. The predicted molar refractivity (Wildman–Crippen MR) is 167 cm³/mol. The average Bonchev–Trinajstić information content (AvgIpc) is 3.61. The summed E-state index contributed by atoms with van der Waals surface area (Å²) in [5.74, 6) is -1.89. The lowest BCUT2D eigenvalue weighted by molar-refractivity contribution is -0.161. The van der Waals surface area contributed by atoms with Gasteiger partial charge in [-0.3, -0.25) is 28.0 Å². The number of allylic oxidation sites excluding steroid dienone is 2. The first-order valence-electron chi connectivity index (χ1n) is 14.2. The summed E-state index contributed by atoms with van der Waals surface area (Å²) in [5.41, 5.74) is 3.30. The third kappa shape index (κ3) is 6.67. The maximum atomic E-state index is 13.5. The van der Waals surface area contributed by atoms with Gasteiger partial charge in [-0.25, -0.2) is 4.79 Å². The highest BCUT2D eigenvalue weighted by Gasteiger charge is 2.64. The van der Waals surface area contributed by atoms with Crippen molar-refractivity contribution in [2.75, 3.05) is 11.9 Å². The number of hydrogen-bond acceptors (Lipinski definition) is 7. The number of benzene rings is 1. The number of nitrogens with zero attached hydrogens (tertiary/aromatic N) is 3. The molecule has 3 N–H and O–H groups in total. The summed E-state index contributed by atoms with van der Waals surface area (Å²) < 4.78 is 32.7. The smallest absolute Gasteiger partial charge is 0.484 e. The molecule has 11 nitrogen and oxygen atoms in total. The van der Waals surface area contributed by atoms with E-state index in [1.807, 2.05) is 0 Å². The van der Waals surface area contributed by atoms with E-state index in [9.17, 15) is 32.9 Å². The third-order valence-electron chi connectivity index (χ3n) is 7.78. The number of rotatable bonds is 11. The van der Waals surface area contributed by atoms with Gasteiger partial charge in [0.2, 0.25) is 11.8 Å². The van der Waals surface area contributed by atoms with E-state index in [2.05, 4.69) is 15.6 Å². The molecule has 0 bridgehead atoms. The number of fused-ring (bicyclic) bond motifs is 1. The predicted octanol–water partition coefficient (Wildman–Crippen LogP) is 3.66. The molecule has 45 heavy (non-hydrogen) atoms. The maximum absolute atomic E-state index is 13.5. The number of β-lactam (4-membered cyclic amide) rings is 1. The van der Waals surface area contributed by atoms with Crippen molar-refractivity contribution in [3.63, 3.8) is 0 Å². The van der Waals surface area contributed by atoms with E-state index in [1.165, 1.54) is 16.7 Å². The molecule has 2 fully saturated rings. The Morgan fingerprint density at radius 3 is 2.53 bits per heavy atom. The summed E-state index contributed by atoms with van der Waals surface area (Å²) in [6.07, 6.45) is 5.61. The summed E-state index contributed by atoms with van der Waals surface area (Å²) in [6.45, 7) is 6.56. The molecular weight excluding hydrogens is 607 g/mol. The van der Waals surface area contributed by atoms with Gasteiger partial charge in [0.15, 0.2) is 6.61 Å². The average molecular weight is 639 g/mol. The van der Waals surface area contributed by atoms with E-state index in [1.54, 1.807) is 76.3 Å². The Kier molecular flexibility index (Phi) is 8.92. The molecule has 3 aliphatic heterocycles. The minimum absolute atomic E-state index is 0.154. The Hall–Kier alpha value is -4.40. The van der Waals surface area contributed by atoms with Crippen LogP contribution in [0.15, 0.2) is 53.2 Å². The van der Waals surface area contributed by atoms with Crippen LogP contribution in [-0.4, -0.2) is 80.1 Å². The molecule has 2 aromatic rings. The summed E-state index contributed by atoms with van der Waals surface area (Å²) in [6, 6.07) is 6.35. The van der Waals surface area contributed by atoms with Crippen LogP contribution in [-0.2, 0) is 19.2 Å². The zero-order valence-electron chi connectivity index (χ0n) is 25.0. The van der Waals surface area contributed by atoms with Crippen molar-refractivity contribution in [2.24, 2.45) is 4.99 Å². The molecule has 1 aromatic carbocycles. The molecule has 3 aliphatic rings. The Morgan fingerprint density at radius 2 is 1.87 bits per heavy atom. The summed E-state index contributed by atoms with van der Waals surface area (Å²) in [7, 11) is -2.66. The molecule has 2 saturated heterocycles. The first-order chi connectivity index (χ1) is 21.2. The molecule has 15 heteroatoms. The highest BCUT2D eigenvalue weighted by Crippen LogP contribution is 2.50. The van der Waals surface area contributed by atoms with Crippen molar-refractivity contribution in [3.05, 3.63) is 65.1 Å². The number of carbonyl (C=O) groups is 4. The second-order valence-corrected chi connectivity index (χ2v) is 13.3. The fourth-order valence-electron chi connectivity index (χ4n) is 5.67. The Balaban J connectivity index is 1.06. The zero-order valence-corrected chi connectivity index (χ0v) is 25.9. The molecular formula is C30H32BF2N5O6S. The minimum Gasteiger partial charge on any atom is -0.484 e. The van der Waals surface area contributed by atoms with Crippen molar-refractivity contribution in [1.82, 2.24) is 14.7 Å². The standard InChI is InChI=1S/C30H32BF2N5O6S/c1-16-13-17(2)38(31(32)33)22(16)14-20-6-5-18(34-20)9-12-23(39)35-19-7-10-21(11-8-19)44-15-24(40)36-25-27(41)37-26(29(42)43)30(3,4)45-28(25)37/h5-8,10-11,13-14,25-26,28H,9,12,15H2,1-4H3,(H,35,39)(H,36,40)(H,42,43)/b20-14-/t25-,26+,28-/m1/s1. The molecule has 3 atom stereocenters. The molecule has 0 aliphatic carbocycles. The van der Waals surface area contributed by atoms with Crippen LogP contribution in [0, 0.1) is 13.8 Å². The third-order valence-corrected chi connectivity index (χ3v) is 9.35. The molecule has 0 spiro atoms. The molecule has 0 saturated carbocycles. The van der Waals surface area contributed by atoms with Crippen LogP contribution in [0.1, 0.15) is 43.6 Å². The van der Waals surface area contributed by atoms with Gasteiger partial charge in [0.05, 0.1) is 5.70 Å². The van der Waals surface area contributed by atoms with Gasteiger partial charge < -0.3 is 29.9 Å². The lowest BCUT2D eigenvalue weighted by atomic mass is 9.96. The number of anilines is 1. The number of aliphatic imine (C=N–C) groups is 1. The van der Waals surface area contributed by atoms with Gasteiger partial charge in [-0.2, -0.15) is 0 Å². The number of halogens is 2. The van der Waals surface area contributed by atoms with Crippen LogP contribution in [0.5, 0.6) is 5.75 Å². The van der Waals surface area contributed by atoms with Crippen LogP contribution in [0.3, 0.4) is 0 Å². The van der Waals surface area contributed by atoms with Crippen molar-refractivity contribution in [1.29, 1.82) is 0 Å². The van der Waals surface area contributed by atoms with E-state index in [0.29, 0.717) is 40.7 Å². The van der Waals surface area contributed by atoms with Crippen molar-refractivity contribution >= 4 is 60.3 Å². The first kappa shape index (κ1) is 32.0. The van der Waals surface area contributed by atoms with E-state index in [0.717, 1.165) is 10.0 Å². The number of carbonyl (C=O) groups excluding carboxylic acids is 3. The van der Waals surface area contributed by atoms with E-state index in [-0.39, 0.29) is 18.9 Å². The molecule has 4 heterocycles. The lowest BCUT2D eigenvalue weighted by Crippen LogP contribution is -2.70. The van der Waals surface area contributed by atoms with Gasteiger partial charge in [0, 0.05) is 34.0 Å². The van der Waals surface area contributed by atoms with Gasteiger partial charge in [-0.05, 0) is 88.2 Å². The second-order valence-electron chi connectivity index (χ2n) is 11.5. The molecule has 0 radical (unpaired) electrons. The molecule has 0 unspecified atom stereocenters. The zero-order chi connectivity index (χ0) is 32.6. The molecule has 3 amide bonds. The number of hydrogen-bond donors (Lipinski definition) is 3. The Morgan fingerprint density at radius 1 is 1.16 bits per heavy atom. The number of thioether (sulfide) groups is 1. The van der Waals surface area contributed by atoms with Gasteiger partial charge in [0.1, 0.15) is 23.2 Å². The normalized spacial score (nSPS) is 22.1. The number of amides is 3. The quantitative estimate of drug-likeness (QED) is 0.252. The number of aromatic nitrogens is 1. The number of aliphatic carboxylic acids is 1. The lowest BCUT2D eigenvalue weighted by Gasteiger charge is -2.43. The number of nitrogens with one attached hydrogen (secondary N) is 2. The number of aryl methyl sites for hydroxylation is 2. The van der Waals surface area contributed by atoms with Gasteiger partial charge in [-0.1, -0.05) is 0 Å². The second kappa shape index (κ2) is 12.5. The van der Waals surface area contributed by atoms with Gasteiger partial charge in [0.25, 0.3) is 5.91 Å². The molecule has 5 rings (SSSR count). The highest BCUT2D eigenvalue weighted by atomic mass is 32.2. The SMILES string of the molecule is Cc1cc(C)n(B(F)F)c1/C=C1/C=CC(CCC(=O)Nc2ccc(OCC(=O)N[C@@H]3C(=O)N4[C@@H]3SC(C)(C)[C@@H]4C(=O)O)cc2)=N1. The summed E-state index contributed by atoms with van der Waals surface area (Å²) in [4.78, 5) is 54.9. The van der Waals surface area contributed by atoms with Gasteiger partial charge in [-0.15, -0.1) is 11.8 Å². The fourth-order valence-corrected chi connectivity index (χ4v) is 7.30.